The van der Waals surface area contributed by atoms with Gasteiger partial charge in [-0.25, -0.2) is 0 Å². The van der Waals surface area contributed by atoms with E-state index in [-0.39, 0.29) is 6.10 Å². The highest BCUT2D eigenvalue weighted by molar-refractivity contribution is 6.39. The van der Waals surface area contributed by atoms with E-state index in [9.17, 15) is 9.59 Å². The molecule has 1 fully saturated rings. The largest absolute Gasteiger partial charge is 0.376 e. The van der Waals surface area contributed by atoms with Gasteiger partial charge in [0.2, 0.25) is 0 Å². The molecule has 5 heteroatoms. The Morgan fingerprint density at radius 1 is 1.04 bits per heavy atom. The van der Waals surface area contributed by atoms with Gasteiger partial charge in [0.15, 0.2) is 0 Å². The van der Waals surface area contributed by atoms with Crippen LogP contribution in [0.3, 0.4) is 0 Å². The van der Waals surface area contributed by atoms with Gasteiger partial charge in [0.05, 0.1) is 6.10 Å². The highest BCUT2D eigenvalue weighted by atomic mass is 16.5. The predicted molar refractivity (Wildman–Crippen MR) is 95.9 cm³/mol. The van der Waals surface area contributed by atoms with Crippen LogP contribution in [-0.4, -0.2) is 36.0 Å². The summed E-state index contributed by atoms with van der Waals surface area (Å²) < 4.78 is 5.64. The number of amides is 2. The topological polar surface area (TPSA) is 58.6 Å². The molecule has 2 amide bonds. The molecule has 0 radical (unpaired) electrons. The summed E-state index contributed by atoms with van der Waals surface area (Å²) in [5.41, 5.74) is 1.60. The van der Waals surface area contributed by atoms with E-state index in [0.717, 1.165) is 18.4 Å². The van der Waals surface area contributed by atoms with Crippen molar-refractivity contribution in [1.29, 1.82) is 0 Å². The smallest absolute Gasteiger partial charge is 0.313 e. The second-order valence-corrected chi connectivity index (χ2v) is 6.13. The fourth-order valence-corrected chi connectivity index (χ4v) is 2.91. The van der Waals surface area contributed by atoms with Gasteiger partial charge in [-0.3, -0.25) is 9.59 Å². The molecule has 5 nitrogen and oxygen atoms in total. The van der Waals surface area contributed by atoms with Crippen LogP contribution in [-0.2, 0) is 20.9 Å². The van der Waals surface area contributed by atoms with Crippen LogP contribution in [0, 0.1) is 0 Å². The molecule has 1 aliphatic heterocycles. The van der Waals surface area contributed by atoms with Gasteiger partial charge in [-0.2, -0.15) is 0 Å². The molecule has 1 heterocycles. The zero-order valence-corrected chi connectivity index (χ0v) is 14.1. The minimum Gasteiger partial charge on any atom is -0.376 e. The highest BCUT2D eigenvalue weighted by Gasteiger charge is 2.27. The van der Waals surface area contributed by atoms with Crippen molar-refractivity contribution in [2.45, 2.75) is 25.5 Å². The molecule has 0 saturated carbocycles. The molecule has 1 N–H and O–H groups in total. The van der Waals surface area contributed by atoms with Crippen LogP contribution < -0.4 is 5.32 Å². The number of carbonyl (C=O) groups excluding carboxylic acids is 2. The van der Waals surface area contributed by atoms with E-state index in [0.29, 0.717) is 25.4 Å². The average molecular weight is 338 g/mol. The fourth-order valence-electron chi connectivity index (χ4n) is 2.91. The Morgan fingerprint density at radius 2 is 1.72 bits per heavy atom. The zero-order valence-electron chi connectivity index (χ0n) is 14.1. The molecule has 0 unspecified atom stereocenters. The number of ether oxygens (including phenoxy) is 1. The summed E-state index contributed by atoms with van der Waals surface area (Å²) in [5, 5.41) is 2.66. The van der Waals surface area contributed by atoms with E-state index in [4.69, 9.17) is 4.74 Å². The minimum atomic E-state index is -0.625. The van der Waals surface area contributed by atoms with Crippen molar-refractivity contribution in [3.8, 4) is 0 Å². The average Bonchev–Trinajstić information content (AvgIpc) is 3.15. The first-order valence-corrected chi connectivity index (χ1v) is 8.53. The van der Waals surface area contributed by atoms with E-state index < -0.39 is 11.8 Å². The Balaban J connectivity index is 1.70. The number of nitrogens with one attached hydrogen (secondary N) is 1. The summed E-state index contributed by atoms with van der Waals surface area (Å²) in [5.74, 6) is -1.16. The van der Waals surface area contributed by atoms with Gasteiger partial charge < -0.3 is 15.0 Å². The molecule has 3 rings (SSSR count). The van der Waals surface area contributed by atoms with Crippen molar-refractivity contribution in [2.75, 3.05) is 18.5 Å². The third kappa shape index (κ3) is 4.90. The van der Waals surface area contributed by atoms with Crippen LogP contribution in [0.25, 0.3) is 0 Å². The Hall–Kier alpha value is -2.66. The van der Waals surface area contributed by atoms with Gasteiger partial charge >= 0.3 is 11.8 Å². The summed E-state index contributed by atoms with van der Waals surface area (Å²) in [6.45, 7) is 1.53. The van der Waals surface area contributed by atoms with Gasteiger partial charge in [0.25, 0.3) is 0 Å². The van der Waals surface area contributed by atoms with E-state index in [1.54, 1.807) is 17.0 Å². The quantitative estimate of drug-likeness (QED) is 0.853. The summed E-state index contributed by atoms with van der Waals surface area (Å²) in [7, 11) is 0. The van der Waals surface area contributed by atoms with Gasteiger partial charge in [0, 0.05) is 25.4 Å². The van der Waals surface area contributed by atoms with Crippen LogP contribution in [0.4, 0.5) is 5.69 Å². The summed E-state index contributed by atoms with van der Waals surface area (Å²) in [4.78, 5) is 26.6. The maximum atomic E-state index is 12.7. The molecule has 1 aliphatic rings. The monoisotopic (exact) mass is 338 g/mol. The maximum absolute atomic E-state index is 12.7. The van der Waals surface area contributed by atoms with Gasteiger partial charge in [0.1, 0.15) is 0 Å². The lowest BCUT2D eigenvalue weighted by Gasteiger charge is -2.25. The Labute approximate surface area is 147 Å². The van der Waals surface area contributed by atoms with Gasteiger partial charge in [-0.05, 0) is 30.5 Å². The van der Waals surface area contributed by atoms with Crippen LogP contribution in [0.2, 0.25) is 0 Å². The molecule has 2 aromatic carbocycles. The molecule has 0 spiro atoms. The van der Waals surface area contributed by atoms with E-state index in [1.165, 1.54) is 0 Å². The second-order valence-electron chi connectivity index (χ2n) is 6.13. The molecule has 25 heavy (non-hydrogen) atoms. The van der Waals surface area contributed by atoms with Crippen molar-refractivity contribution >= 4 is 17.5 Å². The first-order chi connectivity index (χ1) is 12.2. The van der Waals surface area contributed by atoms with Crippen LogP contribution in [0.15, 0.2) is 60.7 Å². The number of nitrogens with zero attached hydrogens (tertiary/aromatic N) is 1. The standard InChI is InChI=1S/C20H22N2O3/c23-19(21-17-10-5-2-6-11-17)20(24)22(15-18-12-7-13-25-18)14-16-8-3-1-4-9-16/h1-6,8-11,18H,7,12-15H2,(H,21,23)/t18-/m0/s1. The summed E-state index contributed by atoms with van der Waals surface area (Å²) >= 11 is 0. The van der Waals surface area contributed by atoms with E-state index in [2.05, 4.69) is 5.32 Å². The maximum Gasteiger partial charge on any atom is 0.313 e. The van der Waals surface area contributed by atoms with Crippen molar-refractivity contribution in [1.82, 2.24) is 4.90 Å². The predicted octanol–water partition coefficient (Wildman–Crippen LogP) is 2.83. The first kappa shape index (κ1) is 17.2. The lowest BCUT2D eigenvalue weighted by molar-refractivity contribution is -0.144. The number of carbonyl (C=O) groups is 2. The van der Waals surface area contributed by atoms with E-state index >= 15 is 0 Å². The molecular weight excluding hydrogens is 316 g/mol. The fraction of sp³-hybridized carbons (Fsp3) is 0.300. The van der Waals surface area contributed by atoms with Crippen LogP contribution in [0.5, 0.6) is 0 Å². The first-order valence-electron chi connectivity index (χ1n) is 8.53. The molecule has 0 aliphatic carbocycles. The third-order valence-corrected chi connectivity index (χ3v) is 4.18. The Morgan fingerprint density at radius 3 is 2.36 bits per heavy atom. The molecule has 0 bridgehead atoms. The molecular formula is C20H22N2O3. The number of benzene rings is 2. The number of para-hydroxylation sites is 1. The molecule has 1 atom stereocenters. The SMILES string of the molecule is O=C(Nc1ccccc1)C(=O)N(Cc1ccccc1)C[C@@H]1CCCO1. The third-order valence-electron chi connectivity index (χ3n) is 4.18. The number of rotatable bonds is 5. The van der Waals surface area contributed by atoms with E-state index in [1.807, 2.05) is 48.5 Å². The molecule has 0 aromatic heterocycles. The van der Waals surface area contributed by atoms with Crippen molar-refractivity contribution in [2.24, 2.45) is 0 Å². The summed E-state index contributed by atoms with van der Waals surface area (Å²) in [6, 6.07) is 18.7. The van der Waals surface area contributed by atoms with Crippen LogP contribution >= 0.6 is 0 Å². The van der Waals surface area contributed by atoms with Gasteiger partial charge in [-0.1, -0.05) is 48.5 Å². The molecule has 130 valence electrons. The van der Waals surface area contributed by atoms with Crippen LogP contribution in [0.1, 0.15) is 18.4 Å². The number of hydrogen-bond acceptors (Lipinski definition) is 3. The Bertz CT molecular complexity index is 697. The second kappa shape index (κ2) is 8.44. The molecule has 2 aromatic rings. The van der Waals surface area contributed by atoms with Gasteiger partial charge in [-0.15, -0.1) is 0 Å². The minimum absolute atomic E-state index is 0.00260. The van der Waals surface area contributed by atoms with Crippen molar-refractivity contribution < 1.29 is 14.3 Å². The zero-order chi connectivity index (χ0) is 17.5. The van der Waals surface area contributed by atoms with Crippen molar-refractivity contribution in [3.63, 3.8) is 0 Å². The van der Waals surface area contributed by atoms with Crippen molar-refractivity contribution in [3.05, 3.63) is 66.2 Å². The number of hydrogen-bond donors (Lipinski definition) is 1. The highest BCUT2D eigenvalue weighted by Crippen LogP contribution is 2.16. The Kier molecular flexibility index (Phi) is 5.80. The lowest BCUT2D eigenvalue weighted by atomic mass is 10.1. The normalized spacial score (nSPS) is 16.4. The molecule has 1 saturated heterocycles. The lowest BCUT2D eigenvalue weighted by Crippen LogP contribution is -2.43. The number of anilines is 1. The summed E-state index contributed by atoms with van der Waals surface area (Å²) in [6.07, 6.45) is 1.91.